The summed E-state index contributed by atoms with van der Waals surface area (Å²) in [7, 11) is 0. The zero-order valence-corrected chi connectivity index (χ0v) is 21.5. The van der Waals surface area contributed by atoms with Gasteiger partial charge in [0.05, 0.1) is 11.5 Å². The molecule has 0 aromatic heterocycles. The number of Topliss-reactive ketones (excluding diaryl/α,β-unsaturated/α-hetero) is 1. The van der Waals surface area contributed by atoms with Crippen molar-refractivity contribution in [2.24, 2.45) is 10.9 Å². The Morgan fingerprint density at radius 3 is 2.75 bits per heavy atom. The zero-order chi connectivity index (χ0) is 25.1. The van der Waals surface area contributed by atoms with Crippen LogP contribution in [0.2, 0.25) is 5.02 Å². The van der Waals surface area contributed by atoms with Crippen LogP contribution in [0, 0.1) is 5.92 Å². The molecule has 0 spiro atoms. The summed E-state index contributed by atoms with van der Waals surface area (Å²) in [5.41, 5.74) is 3.18. The highest BCUT2D eigenvalue weighted by atomic mass is 35.5. The molecule has 0 saturated carbocycles. The van der Waals surface area contributed by atoms with Crippen LogP contribution in [0.15, 0.2) is 71.4 Å². The molecule has 6 heteroatoms. The molecule has 1 N–H and O–H groups in total. The second-order valence-electron chi connectivity index (χ2n) is 9.91. The number of carbonyl (C=O) groups excluding carboxylic acids is 1. The number of aliphatic hydroxyl groups is 1. The van der Waals surface area contributed by atoms with Crippen molar-refractivity contribution < 1.29 is 14.6 Å². The van der Waals surface area contributed by atoms with Gasteiger partial charge >= 0.3 is 0 Å². The Bertz CT molecular complexity index is 1210. The number of rotatable bonds is 6. The van der Waals surface area contributed by atoms with Crippen LogP contribution >= 0.6 is 11.6 Å². The van der Waals surface area contributed by atoms with E-state index >= 15 is 0 Å². The summed E-state index contributed by atoms with van der Waals surface area (Å²) in [6.07, 6.45) is 10.7. The van der Waals surface area contributed by atoms with Crippen molar-refractivity contribution in [1.82, 2.24) is 4.90 Å². The first kappa shape index (κ1) is 24.9. The van der Waals surface area contributed by atoms with Crippen LogP contribution in [0.3, 0.4) is 0 Å². The Balaban J connectivity index is 1.20. The number of ether oxygens (including phenoxy) is 1. The molecule has 0 aliphatic carbocycles. The van der Waals surface area contributed by atoms with E-state index in [1.54, 1.807) is 0 Å². The number of nitrogens with zero attached hydrogens (tertiary/aromatic N) is 2. The summed E-state index contributed by atoms with van der Waals surface area (Å²) in [6.45, 7) is 4.57. The van der Waals surface area contributed by atoms with E-state index < -0.39 is 5.60 Å². The van der Waals surface area contributed by atoms with E-state index in [1.165, 1.54) is 5.57 Å². The van der Waals surface area contributed by atoms with Gasteiger partial charge in [-0.2, -0.15) is 0 Å². The lowest BCUT2D eigenvalue weighted by Crippen LogP contribution is -2.42. The second kappa shape index (κ2) is 10.7. The van der Waals surface area contributed by atoms with Crippen molar-refractivity contribution in [3.05, 3.63) is 88.1 Å². The van der Waals surface area contributed by atoms with Gasteiger partial charge in [0.1, 0.15) is 5.75 Å². The van der Waals surface area contributed by atoms with Gasteiger partial charge in [0.2, 0.25) is 5.90 Å². The van der Waals surface area contributed by atoms with Gasteiger partial charge in [-0.05, 0) is 67.5 Å². The fourth-order valence-corrected chi connectivity index (χ4v) is 5.65. The maximum atomic E-state index is 12.5. The van der Waals surface area contributed by atoms with Crippen molar-refractivity contribution in [3.63, 3.8) is 0 Å². The maximum Gasteiger partial charge on any atom is 0.202 e. The third kappa shape index (κ3) is 5.19. The van der Waals surface area contributed by atoms with Crippen LogP contribution in [0.5, 0.6) is 5.75 Å². The predicted molar refractivity (Wildman–Crippen MR) is 144 cm³/mol. The first-order valence-electron chi connectivity index (χ1n) is 12.9. The molecule has 1 saturated heterocycles. The summed E-state index contributed by atoms with van der Waals surface area (Å²) >= 11 is 6.01. The van der Waals surface area contributed by atoms with Gasteiger partial charge in [0.15, 0.2) is 5.78 Å². The van der Waals surface area contributed by atoms with Gasteiger partial charge in [-0.25, -0.2) is 4.99 Å². The molecule has 0 amide bonds. The van der Waals surface area contributed by atoms with Gasteiger partial charge in [0.25, 0.3) is 0 Å². The number of hydrogen-bond donors (Lipinski definition) is 1. The van der Waals surface area contributed by atoms with Crippen molar-refractivity contribution >= 4 is 23.3 Å². The lowest BCUT2D eigenvalue weighted by atomic mass is 9.84. The minimum atomic E-state index is -0.776. The quantitative estimate of drug-likeness (QED) is 0.483. The molecule has 3 aliphatic heterocycles. The Labute approximate surface area is 218 Å². The normalized spacial score (nSPS) is 22.2. The fraction of sp³-hybridized carbons (Fsp3) is 0.400. The Hall–Kier alpha value is -2.73. The lowest BCUT2D eigenvalue weighted by Gasteiger charge is -2.38. The number of ketones is 1. The molecule has 5 nitrogen and oxygen atoms in total. The SMILES string of the molecule is CCC(=O)c1cccc2c1CCC1C(=CCCN3CCC(O)(c4ccc(Cl)cc4)CC3)C=CN=C1O2. The number of allylic oxidation sites excluding steroid dienone is 1. The molecule has 1 atom stereocenters. The average Bonchev–Trinajstić information content (AvgIpc) is 3.09. The highest BCUT2D eigenvalue weighted by Gasteiger charge is 2.34. The van der Waals surface area contributed by atoms with Crippen molar-refractivity contribution in [2.75, 3.05) is 19.6 Å². The smallest absolute Gasteiger partial charge is 0.202 e. The zero-order valence-electron chi connectivity index (χ0n) is 20.8. The van der Waals surface area contributed by atoms with Gasteiger partial charge < -0.3 is 14.7 Å². The first-order valence-corrected chi connectivity index (χ1v) is 13.3. The van der Waals surface area contributed by atoms with Crippen LogP contribution in [0.25, 0.3) is 0 Å². The number of halogens is 1. The molecule has 188 valence electrons. The highest BCUT2D eigenvalue weighted by Crippen LogP contribution is 2.36. The number of aliphatic imine (C=N–C) groups is 1. The highest BCUT2D eigenvalue weighted by molar-refractivity contribution is 6.30. The van der Waals surface area contributed by atoms with E-state index in [-0.39, 0.29) is 11.7 Å². The topological polar surface area (TPSA) is 62.1 Å². The fourth-order valence-electron chi connectivity index (χ4n) is 5.52. The summed E-state index contributed by atoms with van der Waals surface area (Å²) in [4.78, 5) is 19.4. The van der Waals surface area contributed by atoms with Crippen molar-refractivity contribution in [2.45, 2.75) is 51.0 Å². The van der Waals surface area contributed by atoms with Gasteiger partial charge in [-0.3, -0.25) is 4.79 Å². The molecule has 3 heterocycles. The summed E-state index contributed by atoms with van der Waals surface area (Å²) in [6, 6.07) is 13.3. The largest absolute Gasteiger partial charge is 0.442 e. The maximum absolute atomic E-state index is 12.5. The van der Waals surface area contributed by atoms with E-state index in [9.17, 15) is 9.90 Å². The van der Waals surface area contributed by atoms with Gasteiger partial charge in [0, 0.05) is 48.4 Å². The molecule has 2 aromatic rings. The Morgan fingerprint density at radius 1 is 1.22 bits per heavy atom. The van der Waals surface area contributed by atoms with Crippen LogP contribution < -0.4 is 4.74 Å². The number of likely N-dealkylation sites (tertiary alicyclic amines) is 1. The number of benzene rings is 2. The predicted octanol–water partition coefficient (Wildman–Crippen LogP) is 6.10. The summed E-state index contributed by atoms with van der Waals surface area (Å²) in [5.74, 6) is 1.73. The Kier molecular flexibility index (Phi) is 7.42. The third-order valence-corrected chi connectivity index (χ3v) is 7.96. The van der Waals surface area contributed by atoms with Crippen LogP contribution in [-0.2, 0) is 12.0 Å². The van der Waals surface area contributed by atoms with Crippen LogP contribution in [-0.4, -0.2) is 41.3 Å². The molecule has 36 heavy (non-hydrogen) atoms. The third-order valence-electron chi connectivity index (χ3n) is 7.71. The van der Waals surface area contributed by atoms with Crippen LogP contribution in [0.1, 0.15) is 60.5 Å². The summed E-state index contributed by atoms with van der Waals surface area (Å²) < 4.78 is 6.25. The first-order chi connectivity index (χ1) is 17.5. The molecular weight excluding hydrogens is 472 g/mol. The minimum absolute atomic E-state index is 0.100. The number of hydrogen-bond acceptors (Lipinski definition) is 5. The minimum Gasteiger partial charge on any atom is -0.442 e. The van der Waals surface area contributed by atoms with E-state index in [4.69, 9.17) is 16.3 Å². The average molecular weight is 505 g/mol. The molecular formula is C30H33ClN2O3. The Morgan fingerprint density at radius 2 is 2.00 bits per heavy atom. The van der Waals surface area contributed by atoms with E-state index in [2.05, 4.69) is 22.0 Å². The van der Waals surface area contributed by atoms with Crippen molar-refractivity contribution in [1.29, 1.82) is 0 Å². The molecule has 0 bridgehead atoms. The lowest BCUT2D eigenvalue weighted by molar-refractivity contribution is -0.0254. The van der Waals surface area contributed by atoms with Crippen molar-refractivity contribution in [3.8, 4) is 5.75 Å². The van der Waals surface area contributed by atoms with Gasteiger partial charge in [-0.15, -0.1) is 0 Å². The molecule has 2 aromatic carbocycles. The standard InChI is InChI=1S/C30H33ClN2O3/c1-2-27(34)25-6-3-7-28-26(25)13-12-24-21(14-17-32-29(24)36-28)5-4-18-33-19-15-30(35,16-20-33)22-8-10-23(31)11-9-22/h3,5-11,14,17,24,35H,2,4,12-13,15-16,18-20H2,1H3. The second-order valence-corrected chi connectivity index (χ2v) is 10.3. The number of carbonyl (C=O) groups is 1. The molecule has 5 rings (SSSR count). The number of fused-ring (bicyclic) bond motifs is 2. The summed E-state index contributed by atoms with van der Waals surface area (Å²) in [5, 5.41) is 11.8. The molecule has 3 aliphatic rings. The van der Waals surface area contributed by atoms with Crippen LogP contribution in [0.4, 0.5) is 0 Å². The molecule has 1 fully saturated rings. The van der Waals surface area contributed by atoms with E-state index in [0.29, 0.717) is 11.4 Å². The van der Waals surface area contributed by atoms with E-state index in [0.717, 1.165) is 80.1 Å². The molecule has 1 unspecified atom stereocenters. The number of piperidine rings is 1. The van der Waals surface area contributed by atoms with E-state index in [1.807, 2.05) is 55.6 Å². The monoisotopic (exact) mass is 504 g/mol. The molecule has 0 radical (unpaired) electrons. The van der Waals surface area contributed by atoms with Gasteiger partial charge in [-0.1, -0.05) is 48.9 Å².